The second-order valence-corrected chi connectivity index (χ2v) is 6.65. The number of hydrogen-bond acceptors (Lipinski definition) is 7. The Morgan fingerprint density at radius 2 is 1.67 bits per heavy atom. The molecule has 0 aliphatic rings. The highest BCUT2D eigenvalue weighted by Gasteiger charge is 2.19. The van der Waals surface area contributed by atoms with E-state index in [1.807, 2.05) is 18.2 Å². The summed E-state index contributed by atoms with van der Waals surface area (Å²) in [6, 6.07) is 9.16. The zero-order valence-electron chi connectivity index (χ0n) is 12.9. The lowest BCUT2D eigenvalue weighted by molar-refractivity contribution is 0.102. The molecule has 0 atom stereocenters. The van der Waals surface area contributed by atoms with Crippen molar-refractivity contribution < 1.29 is 9.59 Å². The van der Waals surface area contributed by atoms with Crippen LogP contribution in [-0.4, -0.2) is 26.4 Å². The van der Waals surface area contributed by atoms with Crippen molar-refractivity contribution in [3.8, 4) is 0 Å². The summed E-state index contributed by atoms with van der Waals surface area (Å²) in [7, 11) is 0. The van der Waals surface area contributed by atoms with Crippen LogP contribution >= 0.6 is 22.9 Å². The van der Waals surface area contributed by atoms with Gasteiger partial charge in [-0.15, -0.1) is 5.10 Å². The van der Waals surface area contributed by atoms with Gasteiger partial charge in [-0.1, -0.05) is 34.0 Å². The van der Waals surface area contributed by atoms with Crippen LogP contribution in [0.3, 0.4) is 0 Å². The van der Waals surface area contributed by atoms with Gasteiger partial charge >= 0.3 is 0 Å². The third-order valence-corrected chi connectivity index (χ3v) is 5.01. The maximum atomic E-state index is 12.3. The smallest absolute Gasteiger partial charge is 0.271 e. The van der Waals surface area contributed by atoms with Crippen LogP contribution in [0.15, 0.2) is 30.3 Å². The van der Waals surface area contributed by atoms with Crippen LogP contribution in [0, 0.1) is 13.8 Å². The Kier molecular flexibility index (Phi) is 4.63. The van der Waals surface area contributed by atoms with Gasteiger partial charge in [0.25, 0.3) is 11.8 Å². The minimum Gasteiger partial charge on any atom is -0.321 e. The molecule has 3 aromatic rings. The van der Waals surface area contributed by atoms with Crippen molar-refractivity contribution in [2.24, 2.45) is 0 Å². The first-order valence-electron chi connectivity index (χ1n) is 6.98. The van der Waals surface area contributed by atoms with E-state index in [0.29, 0.717) is 32.0 Å². The van der Waals surface area contributed by atoms with Gasteiger partial charge < -0.3 is 5.32 Å². The summed E-state index contributed by atoms with van der Waals surface area (Å²) in [6.07, 6.45) is 0. The molecule has 24 heavy (non-hydrogen) atoms. The number of anilines is 2. The number of hydrogen-bond donors (Lipinski definition) is 2. The normalized spacial score (nSPS) is 10.4. The fourth-order valence-electron chi connectivity index (χ4n) is 1.96. The fraction of sp³-hybridized carbons (Fsp3) is 0.133. The van der Waals surface area contributed by atoms with E-state index in [9.17, 15) is 9.59 Å². The first-order chi connectivity index (χ1) is 11.5. The van der Waals surface area contributed by atoms with E-state index in [4.69, 9.17) is 0 Å². The van der Waals surface area contributed by atoms with Crippen molar-refractivity contribution in [2.75, 3.05) is 10.6 Å². The first kappa shape index (κ1) is 16.2. The van der Waals surface area contributed by atoms with Crippen molar-refractivity contribution >= 4 is 45.5 Å². The molecular weight excluding hydrogens is 346 g/mol. The number of rotatable bonds is 4. The predicted molar refractivity (Wildman–Crippen MR) is 93.8 cm³/mol. The van der Waals surface area contributed by atoms with E-state index in [0.717, 1.165) is 22.9 Å². The number of aromatic nitrogens is 3. The summed E-state index contributed by atoms with van der Waals surface area (Å²) >= 11 is 2.15. The molecule has 0 fully saturated rings. The van der Waals surface area contributed by atoms with Crippen LogP contribution < -0.4 is 10.6 Å². The Morgan fingerprint density at radius 3 is 2.33 bits per heavy atom. The molecule has 0 bridgehead atoms. The molecule has 3 rings (SSSR count). The van der Waals surface area contributed by atoms with Gasteiger partial charge in [0, 0.05) is 5.69 Å². The van der Waals surface area contributed by atoms with Crippen LogP contribution in [0.5, 0.6) is 0 Å². The summed E-state index contributed by atoms with van der Waals surface area (Å²) in [5, 5.41) is 9.66. The topological polar surface area (TPSA) is 96.9 Å². The van der Waals surface area contributed by atoms with Gasteiger partial charge in [0.15, 0.2) is 5.13 Å². The van der Waals surface area contributed by atoms with Crippen LogP contribution in [0.1, 0.15) is 30.7 Å². The van der Waals surface area contributed by atoms with E-state index >= 15 is 0 Å². The minimum absolute atomic E-state index is 0.257. The maximum absolute atomic E-state index is 12.3. The number of nitrogens with one attached hydrogen (secondary N) is 2. The minimum atomic E-state index is -0.328. The predicted octanol–water partition coefficient (Wildman–Crippen LogP) is 3.12. The molecule has 2 amide bonds. The number of aryl methyl sites for hydroxylation is 2. The molecule has 0 saturated heterocycles. The monoisotopic (exact) mass is 359 g/mol. The maximum Gasteiger partial charge on any atom is 0.271 e. The molecular formula is C15H13N5O2S2. The highest BCUT2D eigenvalue weighted by molar-refractivity contribution is 7.18. The molecule has 0 radical (unpaired) electrons. The Balaban J connectivity index is 1.74. The van der Waals surface area contributed by atoms with Crippen LogP contribution in [0.2, 0.25) is 0 Å². The highest BCUT2D eigenvalue weighted by atomic mass is 32.1. The first-order valence-corrected chi connectivity index (χ1v) is 8.57. The van der Waals surface area contributed by atoms with E-state index in [-0.39, 0.29) is 11.8 Å². The summed E-state index contributed by atoms with van der Waals surface area (Å²) < 4.78 is 3.73. The molecule has 0 aliphatic carbocycles. The summed E-state index contributed by atoms with van der Waals surface area (Å²) in [4.78, 5) is 29.6. The zero-order valence-corrected chi connectivity index (χ0v) is 14.5. The summed E-state index contributed by atoms with van der Waals surface area (Å²) in [5.41, 5.74) is 1.82. The Labute approximate surface area is 145 Å². The van der Waals surface area contributed by atoms with E-state index in [1.54, 1.807) is 26.0 Å². The average molecular weight is 359 g/mol. The number of thiazole rings is 1. The molecule has 2 aromatic heterocycles. The van der Waals surface area contributed by atoms with Gasteiger partial charge in [0.1, 0.15) is 9.75 Å². The molecule has 122 valence electrons. The molecule has 2 heterocycles. The second kappa shape index (κ2) is 6.85. The number of amides is 2. The number of para-hydroxylation sites is 1. The summed E-state index contributed by atoms with van der Waals surface area (Å²) in [6.45, 7) is 3.44. The van der Waals surface area contributed by atoms with E-state index in [1.165, 1.54) is 0 Å². The second-order valence-electron chi connectivity index (χ2n) is 4.90. The van der Waals surface area contributed by atoms with E-state index < -0.39 is 0 Å². The van der Waals surface area contributed by atoms with Gasteiger partial charge in [0.05, 0.1) is 11.4 Å². The lowest BCUT2D eigenvalue weighted by atomic mass is 10.3. The Bertz CT molecular complexity index is 888. The van der Waals surface area contributed by atoms with Gasteiger partial charge in [0.2, 0.25) is 0 Å². The van der Waals surface area contributed by atoms with Crippen LogP contribution in [0.25, 0.3) is 0 Å². The molecule has 9 heteroatoms. The zero-order chi connectivity index (χ0) is 17.1. The SMILES string of the molecule is Cc1nnsc1C(=O)Nc1nc(C)c(C(=O)Nc2ccccc2)s1. The lowest BCUT2D eigenvalue weighted by Gasteiger charge is -2.02. The average Bonchev–Trinajstić information content (AvgIpc) is 3.14. The largest absolute Gasteiger partial charge is 0.321 e. The number of carbonyl (C=O) groups excluding carboxylic acids is 2. The summed E-state index contributed by atoms with van der Waals surface area (Å²) in [5.74, 6) is -0.585. The van der Waals surface area contributed by atoms with Gasteiger partial charge in [-0.25, -0.2) is 4.98 Å². The third-order valence-electron chi connectivity index (χ3n) is 3.11. The fourth-order valence-corrected chi connectivity index (χ4v) is 3.37. The highest BCUT2D eigenvalue weighted by Crippen LogP contribution is 2.24. The number of carbonyl (C=O) groups is 2. The number of benzene rings is 1. The van der Waals surface area contributed by atoms with Crippen molar-refractivity contribution in [3.05, 3.63) is 51.5 Å². The van der Waals surface area contributed by atoms with Gasteiger partial charge in [-0.3, -0.25) is 14.9 Å². The standard InChI is InChI=1S/C15H13N5O2S2/c1-8-11(13(21)17-10-6-4-3-5-7-10)23-15(16-8)18-14(22)12-9(2)19-20-24-12/h3-7H,1-2H3,(H,17,21)(H,16,18,22). The third kappa shape index (κ3) is 3.47. The van der Waals surface area contributed by atoms with Crippen molar-refractivity contribution in [1.82, 2.24) is 14.6 Å². The van der Waals surface area contributed by atoms with Crippen molar-refractivity contribution in [1.29, 1.82) is 0 Å². The molecule has 7 nitrogen and oxygen atoms in total. The van der Waals surface area contributed by atoms with Crippen LogP contribution in [0.4, 0.5) is 10.8 Å². The quantitative estimate of drug-likeness (QED) is 0.746. The Morgan fingerprint density at radius 1 is 0.958 bits per heavy atom. The molecule has 1 aromatic carbocycles. The van der Waals surface area contributed by atoms with Gasteiger partial charge in [-0.2, -0.15) is 0 Å². The molecule has 0 saturated carbocycles. The lowest BCUT2D eigenvalue weighted by Crippen LogP contribution is -2.11. The molecule has 0 aliphatic heterocycles. The van der Waals surface area contributed by atoms with Gasteiger partial charge in [-0.05, 0) is 37.5 Å². The molecule has 2 N–H and O–H groups in total. The van der Waals surface area contributed by atoms with Crippen molar-refractivity contribution in [2.45, 2.75) is 13.8 Å². The van der Waals surface area contributed by atoms with Crippen molar-refractivity contribution in [3.63, 3.8) is 0 Å². The van der Waals surface area contributed by atoms with Crippen LogP contribution in [-0.2, 0) is 0 Å². The number of nitrogens with zero attached hydrogens (tertiary/aromatic N) is 3. The molecule has 0 unspecified atom stereocenters. The Hall–Kier alpha value is -2.65. The van der Waals surface area contributed by atoms with E-state index in [2.05, 4.69) is 25.2 Å². The molecule has 0 spiro atoms.